The first-order valence-corrected chi connectivity index (χ1v) is 13.1. The molecule has 0 radical (unpaired) electrons. The van der Waals surface area contributed by atoms with Crippen molar-refractivity contribution in [2.75, 3.05) is 23.7 Å². The number of anilines is 2. The summed E-state index contributed by atoms with van der Waals surface area (Å²) in [5.41, 5.74) is 0.519. The van der Waals surface area contributed by atoms with E-state index in [9.17, 15) is 23.6 Å². The fourth-order valence-corrected chi connectivity index (χ4v) is 5.76. The molecule has 1 spiro atoms. The fraction of sp³-hybridized carbons (Fsp3) is 0.231. The van der Waals surface area contributed by atoms with Crippen molar-refractivity contribution in [3.63, 3.8) is 0 Å². The normalized spacial score (nSPS) is 18.6. The lowest BCUT2D eigenvalue weighted by Gasteiger charge is -2.35. The highest BCUT2D eigenvalue weighted by atomic mass is 35.5. The number of carbonyl (C=O) groups excluding carboxylic acids is 3. The summed E-state index contributed by atoms with van der Waals surface area (Å²) in [5, 5.41) is 18.4. The van der Waals surface area contributed by atoms with Crippen LogP contribution >= 0.6 is 22.9 Å². The number of halogens is 2. The number of benzene rings is 2. The van der Waals surface area contributed by atoms with E-state index >= 15 is 0 Å². The second kappa shape index (κ2) is 10.5. The Morgan fingerprint density at radius 3 is 2.67 bits per heavy atom. The number of carboxylic acid groups (broad SMARTS) is 1. The molecule has 2 aliphatic heterocycles. The van der Waals surface area contributed by atoms with Gasteiger partial charge in [-0.05, 0) is 53.9 Å². The number of hydrogen-bond acceptors (Lipinski definition) is 6. The molecular weight excluding hydrogens is 551 g/mol. The number of rotatable bonds is 6. The van der Waals surface area contributed by atoms with Crippen LogP contribution < -0.4 is 16.0 Å². The Morgan fingerprint density at radius 1 is 1.21 bits per heavy atom. The van der Waals surface area contributed by atoms with Crippen LogP contribution in [0, 0.1) is 5.82 Å². The van der Waals surface area contributed by atoms with Gasteiger partial charge >= 0.3 is 12.2 Å². The first-order chi connectivity index (χ1) is 18.6. The summed E-state index contributed by atoms with van der Waals surface area (Å²) < 4.78 is 20.0. The largest absolute Gasteiger partial charge is 0.465 e. The molecule has 4 N–H and O–H groups in total. The van der Waals surface area contributed by atoms with E-state index in [0.717, 1.165) is 11.3 Å². The molecule has 13 heteroatoms. The predicted molar refractivity (Wildman–Crippen MR) is 142 cm³/mol. The van der Waals surface area contributed by atoms with Crippen LogP contribution in [-0.4, -0.2) is 53.1 Å². The molecule has 3 heterocycles. The van der Waals surface area contributed by atoms with Crippen LogP contribution in [0.5, 0.6) is 0 Å². The maximum atomic E-state index is 14.3. The van der Waals surface area contributed by atoms with E-state index in [2.05, 4.69) is 16.0 Å². The average Bonchev–Trinajstić information content (AvgIpc) is 3.50. The van der Waals surface area contributed by atoms with Gasteiger partial charge in [0, 0.05) is 46.1 Å². The highest BCUT2D eigenvalue weighted by Gasteiger charge is 2.49. The molecule has 4 amide bonds. The van der Waals surface area contributed by atoms with Gasteiger partial charge in [0.05, 0.1) is 12.2 Å². The second-order valence-electron chi connectivity index (χ2n) is 9.14. The molecule has 1 aromatic heterocycles. The van der Waals surface area contributed by atoms with E-state index in [1.165, 1.54) is 35.2 Å². The Hall–Kier alpha value is -4.16. The molecule has 5 rings (SSSR count). The molecule has 202 valence electrons. The molecule has 1 saturated heterocycles. The monoisotopic (exact) mass is 572 g/mol. The summed E-state index contributed by atoms with van der Waals surface area (Å²) in [6.07, 6.45) is -1.67. The van der Waals surface area contributed by atoms with Crippen LogP contribution in [0.4, 0.5) is 25.4 Å². The van der Waals surface area contributed by atoms with Gasteiger partial charge in [-0.1, -0.05) is 11.6 Å². The first kappa shape index (κ1) is 26.4. The maximum absolute atomic E-state index is 14.3. The van der Waals surface area contributed by atoms with E-state index in [4.69, 9.17) is 21.4 Å². The van der Waals surface area contributed by atoms with Gasteiger partial charge in [0.15, 0.2) is 5.60 Å². The molecular formula is C26H22ClFN4O6S. The molecule has 0 aliphatic carbocycles. The van der Waals surface area contributed by atoms with E-state index in [-0.39, 0.29) is 30.8 Å². The van der Waals surface area contributed by atoms with Gasteiger partial charge in [0.25, 0.3) is 5.91 Å². The Bertz CT molecular complexity index is 1460. The molecule has 2 atom stereocenters. The molecule has 39 heavy (non-hydrogen) atoms. The lowest BCUT2D eigenvalue weighted by molar-refractivity contribution is -0.133. The lowest BCUT2D eigenvalue weighted by Crippen LogP contribution is -2.50. The van der Waals surface area contributed by atoms with Gasteiger partial charge in [0.2, 0.25) is 5.91 Å². The van der Waals surface area contributed by atoms with Crippen molar-refractivity contribution in [2.45, 2.75) is 24.5 Å². The van der Waals surface area contributed by atoms with Crippen LogP contribution in [0.15, 0.2) is 53.9 Å². The number of ether oxygens (including phenoxy) is 1. The molecule has 0 bridgehead atoms. The molecule has 1 fully saturated rings. The van der Waals surface area contributed by atoms with Gasteiger partial charge in [-0.15, -0.1) is 11.3 Å². The number of carbonyl (C=O) groups is 4. The van der Waals surface area contributed by atoms with Gasteiger partial charge in [-0.3, -0.25) is 20.2 Å². The van der Waals surface area contributed by atoms with E-state index < -0.39 is 41.5 Å². The van der Waals surface area contributed by atoms with E-state index in [1.54, 1.807) is 23.6 Å². The third-order valence-corrected chi connectivity index (χ3v) is 7.78. The quantitative estimate of drug-likeness (QED) is 0.339. The predicted octanol–water partition coefficient (Wildman–Crippen LogP) is 4.66. The van der Waals surface area contributed by atoms with Crippen LogP contribution in [0.2, 0.25) is 5.02 Å². The van der Waals surface area contributed by atoms with Crippen molar-refractivity contribution >= 4 is 58.3 Å². The minimum Gasteiger partial charge on any atom is -0.465 e. The van der Waals surface area contributed by atoms with Crippen LogP contribution in [0.25, 0.3) is 0 Å². The summed E-state index contributed by atoms with van der Waals surface area (Å²) in [5.74, 6) is -1.54. The minimum absolute atomic E-state index is 0.0292. The SMILES string of the molecule is O=C(O)Nc1ccc(C(=O)N[C@@H](Cc2sccc2F)C(=O)N2CCC3(C2)OC(=O)Nc2ccc(Cl)cc23)cc1. The Kier molecular flexibility index (Phi) is 7.15. The Morgan fingerprint density at radius 2 is 1.97 bits per heavy atom. The highest BCUT2D eigenvalue weighted by Crippen LogP contribution is 2.44. The maximum Gasteiger partial charge on any atom is 0.412 e. The Balaban J connectivity index is 1.38. The van der Waals surface area contributed by atoms with Crippen molar-refractivity contribution in [3.8, 4) is 0 Å². The number of nitrogens with one attached hydrogen (secondary N) is 3. The van der Waals surface area contributed by atoms with Crippen molar-refractivity contribution in [1.29, 1.82) is 0 Å². The molecule has 3 aromatic rings. The first-order valence-electron chi connectivity index (χ1n) is 11.8. The molecule has 10 nitrogen and oxygen atoms in total. The van der Waals surface area contributed by atoms with Crippen molar-refractivity contribution in [1.82, 2.24) is 10.2 Å². The molecule has 1 unspecified atom stereocenters. The number of thiophene rings is 1. The zero-order valence-electron chi connectivity index (χ0n) is 20.2. The summed E-state index contributed by atoms with van der Waals surface area (Å²) in [7, 11) is 0. The van der Waals surface area contributed by atoms with Crippen molar-refractivity contribution < 1.29 is 33.4 Å². The van der Waals surface area contributed by atoms with E-state index in [1.807, 2.05) is 0 Å². The number of hydrogen-bond donors (Lipinski definition) is 4. The smallest absolute Gasteiger partial charge is 0.412 e. The summed E-state index contributed by atoms with van der Waals surface area (Å²) >= 11 is 7.33. The molecule has 0 saturated carbocycles. The lowest BCUT2D eigenvalue weighted by atomic mass is 9.90. The number of fused-ring (bicyclic) bond motifs is 2. The molecule has 2 aliphatic rings. The molecule has 2 aromatic carbocycles. The van der Waals surface area contributed by atoms with Crippen LogP contribution in [-0.2, 0) is 21.6 Å². The highest BCUT2D eigenvalue weighted by molar-refractivity contribution is 7.09. The zero-order chi connectivity index (χ0) is 27.7. The zero-order valence-corrected chi connectivity index (χ0v) is 21.8. The third kappa shape index (κ3) is 5.52. The van der Waals surface area contributed by atoms with Gasteiger partial charge < -0.3 is 20.1 Å². The van der Waals surface area contributed by atoms with E-state index in [0.29, 0.717) is 27.6 Å². The topological polar surface area (TPSA) is 137 Å². The van der Waals surface area contributed by atoms with Gasteiger partial charge in [-0.25, -0.2) is 14.0 Å². The summed E-state index contributed by atoms with van der Waals surface area (Å²) in [4.78, 5) is 51.7. The van der Waals surface area contributed by atoms with Gasteiger partial charge in [0.1, 0.15) is 11.9 Å². The second-order valence-corrected chi connectivity index (χ2v) is 10.6. The van der Waals surface area contributed by atoms with Crippen molar-refractivity contribution in [2.24, 2.45) is 0 Å². The minimum atomic E-state index is -1.25. The third-order valence-electron chi connectivity index (χ3n) is 6.62. The average molecular weight is 573 g/mol. The number of amides is 4. The standard InChI is InChI=1S/C26H22ClFN4O6S/c27-15-3-6-19-17(11-15)26(38-25(37)31-19)8-9-32(13-26)23(34)20(12-21-18(28)7-10-39-21)30-22(33)14-1-4-16(5-2-14)29-24(35)36/h1-7,10-11,20,29H,8-9,12-13H2,(H,30,33)(H,31,37)(H,35,36)/t20-,26?/m0/s1. The number of likely N-dealkylation sites (tertiary alicyclic amines) is 1. The summed E-state index contributed by atoms with van der Waals surface area (Å²) in [6.45, 7) is 0.258. The Labute approximate surface area is 230 Å². The fourth-order valence-electron chi connectivity index (χ4n) is 4.79. The number of nitrogens with zero attached hydrogens (tertiary/aromatic N) is 1. The van der Waals surface area contributed by atoms with Crippen LogP contribution in [0.1, 0.15) is 27.2 Å². The van der Waals surface area contributed by atoms with Crippen LogP contribution in [0.3, 0.4) is 0 Å². The summed E-state index contributed by atoms with van der Waals surface area (Å²) in [6, 6.07) is 10.8. The van der Waals surface area contributed by atoms with Gasteiger partial charge in [-0.2, -0.15) is 0 Å². The van der Waals surface area contributed by atoms with Crippen molar-refractivity contribution in [3.05, 3.63) is 80.8 Å².